The van der Waals surface area contributed by atoms with E-state index in [1.807, 2.05) is 18.4 Å². The molecular weight excluding hydrogens is 485 g/mol. The van der Waals surface area contributed by atoms with Crippen LogP contribution < -0.4 is 10.6 Å². The van der Waals surface area contributed by atoms with Gasteiger partial charge in [-0.3, -0.25) is 4.57 Å². The smallest absolute Gasteiger partial charge is 0.224 e. The van der Waals surface area contributed by atoms with Crippen LogP contribution in [-0.2, 0) is 0 Å². The van der Waals surface area contributed by atoms with Gasteiger partial charge < -0.3 is 20.8 Å². The molecule has 5 rings (SSSR count). The number of rotatable bonds is 6. The molecule has 0 saturated heterocycles. The van der Waals surface area contributed by atoms with Gasteiger partial charge in [0.25, 0.3) is 0 Å². The van der Waals surface area contributed by atoms with Crippen LogP contribution in [0.2, 0.25) is 0 Å². The molecule has 2 aliphatic rings. The number of hydrogen-bond donors (Lipinski definition) is 4. The second-order valence-electron chi connectivity index (χ2n) is 10.9. The molecule has 0 unspecified atom stereocenters. The second kappa shape index (κ2) is 10.1. The zero-order chi connectivity index (χ0) is 26.3. The van der Waals surface area contributed by atoms with Crippen LogP contribution in [0.3, 0.4) is 0 Å². The quantitative estimate of drug-likeness (QED) is 0.355. The van der Waals surface area contributed by atoms with E-state index < -0.39 is 28.7 Å². The zero-order valence-electron chi connectivity index (χ0n) is 21.0. The van der Waals surface area contributed by atoms with Crippen molar-refractivity contribution in [2.45, 2.75) is 89.0 Å². The molecule has 2 heterocycles. The maximum atomic E-state index is 14.4. The Labute approximate surface area is 213 Å². The van der Waals surface area contributed by atoms with E-state index in [-0.39, 0.29) is 30.1 Å². The molecule has 2 saturated carbocycles. The van der Waals surface area contributed by atoms with E-state index in [0.717, 1.165) is 25.7 Å². The number of hydrogen-bond acceptors (Lipinski definition) is 7. The number of benzene rings is 1. The fraction of sp³-hybridized carbons (Fsp3) is 0.577. The molecular formula is C26H33F3N6O2. The average Bonchev–Trinajstić information content (AvgIpc) is 3.19. The number of nitrogens with zero attached hydrogens (tertiary/aromatic N) is 4. The molecule has 8 nitrogen and oxygen atoms in total. The zero-order valence-corrected chi connectivity index (χ0v) is 21.0. The van der Waals surface area contributed by atoms with Gasteiger partial charge in [0.15, 0.2) is 17.3 Å². The molecule has 37 heavy (non-hydrogen) atoms. The van der Waals surface area contributed by atoms with Gasteiger partial charge in [-0.25, -0.2) is 23.1 Å². The molecule has 200 valence electrons. The Kier molecular flexibility index (Phi) is 7.01. The number of anilines is 3. The molecule has 0 bridgehead atoms. The first-order chi connectivity index (χ1) is 17.6. The van der Waals surface area contributed by atoms with Crippen molar-refractivity contribution >= 4 is 28.7 Å². The summed E-state index contributed by atoms with van der Waals surface area (Å²) in [7, 11) is 0. The van der Waals surface area contributed by atoms with Crippen LogP contribution in [0.25, 0.3) is 11.2 Å². The number of nitrogens with one attached hydrogen (secondary N) is 2. The van der Waals surface area contributed by atoms with Crippen LogP contribution in [0.1, 0.15) is 71.3 Å². The van der Waals surface area contributed by atoms with Gasteiger partial charge in [-0.2, -0.15) is 4.98 Å². The minimum Gasteiger partial charge on any atom is -0.393 e. The van der Waals surface area contributed by atoms with Crippen molar-refractivity contribution in [3.63, 3.8) is 0 Å². The fourth-order valence-corrected chi connectivity index (χ4v) is 5.61. The molecule has 0 atom stereocenters. The summed E-state index contributed by atoms with van der Waals surface area (Å²) in [6, 6.07) is 1.29. The van der Waals surface area contributed by atoms with Gasteiger partial charge in [-0.15, -0.1) is 0 Å². The summed E-state index contributed by atoms with van der Waals surface area (Å²) in [6.07, 6.45) is 7.20. The lowest BCUT2D eigenvalue weighted by Gasteiger charge is -2.36. The Morgan fingerprint density at radius 1 is 0.946 bits per heavy atom. The SMILES string of the molecule is CC(C)(O)[C@H]1CC[C@H](Nc2ncc3nc(Nc4c(F)cc(F)cc4F)n([C@H]4CC[C@@H](O)CC4)c3n2)CC1. The van der Waals surface area contributed by atoms with E-state index in [1.54, 1.807) is 6.20 Å². The molecule has 3 aromatic rings. The standard InChI is InChI=1S/C26H33F3N6O2/c1-26(2,37)14-3-5-16(6-4-14)31-24-30-13-21-23(34-24)35(17-7-9-18(36)10-8-17)25(32-21)33-22-19(28)11-15(27)12-20(22)29/h11-14,16-18,36-37H,3-10H2,1-2H3,(H,32,33)(H,30,31,34)/t14-,16-,17-,18+. The van der Waals surface area contributed by atoms with Gasteiger partial charge >= 0.3 is 0 Å². The van der Waals surface area contributed by atoms with Gasteiger partial charge in [0.05, 0.1) is 17.9 Å². The van der Waals surface area contributed by atoms with Gasteiger partial charge in [0.2, 0.25) is 11.9 Å². The van der Waals surface area contributed by atoms with E-state index in [4.69, 9.17) is 4.98 Å². The molecule has 11 heteroatoms. The van der Waals surface area contributed by atoms with E-state index in [1.165, 1.54) is 0 Å². The van der Waals surface area contributed by atoms with Crippen LogP contribution in [0.5, 0.6) is 0 Å². The van der Waals surface area contributed by atoms with Gasteiger partial charge in [0, 0.05) is 24.2 Å². The number of aromatic nitrogens is 4. The Morgan fingerprint density at radius 2 is 1.59 bits per heavy atom. The van der Waals surface area contributed by atoms with E-state index in [2.05, 4.69) is 20.6 Å². The van der Waals surface area contributed by atoms with Crippen molar-refractivity contribution in [2.75, 3.05) is 10.6 Å². The van der Waals surface area contributed by atoms with E-state index >= 15 is 0 Å². The third-order valence-electron chi connectivity index (χ3n) is 7.77. The van der Waals surface area contributed by atoms with Crippen molar-refractivity contribution < 1.29 is 23.4 Å². The van der Waals surface area contributed by atoms with Crippen LogP contribution in [0.4, 0.5) is 30.8 Å². The summed E-state index contributed by atoms with van der Waals surface area (Å²) >= 11 is 0. The Bertz CT molecular complexity index is 1240. The molecule has 1 aromatic carbocycles. The number of aliphatic hydroxyl groups is 2. The maximum absolute atomic E-state index is 14.4. The highest BCUT2D eigenvalue weighted by Gasteiger charge is 2.32. The van der Waals surface area contributed by atoms with Crippen molar-refractivity contribution in [1.29, 1.82) is 0 Å². The van der Waals surface area contributed by atoms with Gasteiger partial charge in [-0.1, -0.05) is 0 Å². The highest BCUT2D eigenvalue weighted by molar-refractivity contribution is 5.76. The predicted octanol–water partition coefficient (Wildman–Crippen LogP) is 5.20. The second-order valence-corrected chi connectivity index (χ2v) is 10.9. The summed E-state index contributed by atoms with van der Waals surface area (Å²) in [5.41, 5.74) is -0.237. The Balaban J connectivity index is 1.45. The molecule has 4 N–H and O–H groups in total. The van der Waals surface area contributed by atoms with Crippen LogP contribution in [0.15, 0.2) is 18.3 Å². The lowest BCUT2D eigenvalue weighted by atomic mass is 9.77. The average molecular weight is 519 g/mol. The first-order valence-electron chi connectivity index (χ1n) is 12.9. The topological polar surface area (TPSA) is 108 Å². The van der Waals surface area contributed by atoms with Crippen LogP contribution in [0, 0.1) is 23.4 Å². The van der Waals surface area contributed by atoms with Gasteiger partial charge in [0.1, 0.15) is 17.0 Å². The molecule has 2 fully saturated rings. The highest BCUT2D eigenvalue weighted by Crippen LogP contribution is 2.37. The normalized spacial score (nSPS) is 24.8. The Morgan fingerprint density at radius 3 is 2.22 bits per heavy atom. The largest absolute Gasteiger partial charge is 0.393 e. The summed E-state index contributed by atoms with van der Waals surface area (Å²) in [4.78, 5) is 13.7. The van der Waals surface area contributed by atoms with Crippen LogP contribution in [-0.4, -0.2) is 47.5 Å². The maximum Gasteiger partial charge on any atom is 0.224 e. The van der Waals surface area contributed by atoms with Gasteiger partial charge in [-0.05, 0) is 71.1 Å². The van der Waals surface area contributed by atoms with Crippen molar-refractivity contribution in [3.05, 3.63) is 35.8 Å². The number of fused-ring (bicyclic) bond motifs is 1. The number of halogens is 3. The highest BCUT2D eigenvalue weighted by atomic mass is 19.1. The first-order valence-corrected chi connectivity index (χ1v) is 12.9. The van der Waals surface area contributed by atoms with Crippen molar-refractivity contribution in [3.8, 4) is 0 Å². The molecule has 0 amide bonds. The number of aliphatic hydroxyl groups excluding tert-OH is 1. The molecule has 0 aliphatic heterocycles. The summed E-state index contributed by atoms with van der Waals surface area (Å²) in [6.45, 7) is 3.70. The molecule has 0 spiro atoms. The first kappa shape index (κ1) is 25.7. The minimum atomic E-state index is -1.06. The number of imidazole rings is 1. The van der Waals surface area contributed by atoms with E-state index in [0.29, 0.717) is 54.9 Å². The lowest BCUT2D eigenvalue weighted by molar-refractivity contribution is -0.000416. The van der Waals surface area contributed by atoms with Crippen molar-refractivity contribution in [2.24, 2.45) is 5.92 Å². The fourth-order valence-electron chi connectivity index (χ4n) is 5.61. The van der Waals surface area contributed by atoms with E-state index in [9.17, 15) is 23.4 Å². The summed E-state index contributed by atoms with van der Waals surface area (Å²) in [5.74, 6) is -2.28. The predicted molar refractivity (Wildman–Crippen MR) is 134 cm³/mol. The van der Waals surface area contributed by atoms with Crippen molar-refractivity contribution in [1.82, 2.24) is 19.5 Å². The Hall–Kier alpha value is -2.92. The summed E-state index contributed by atoms with van der Waals surface area (Å²) in [5, 5.41) is 26.4. The monoisotopic (exact) mass is 518 g/mol. The van der Waals surface area contributed by atoms with Crippen LogP contribution >= 0.6 is 0 Å². The summed E-state index contributed by atoms with van der Waals surface area (Å²) < 4.78 is 44.1. The third-order valence-corrected chi connectivity index (χ3v) is 7.77. The lowest BCUT2D eigenvalue weighted by Crippen LogP contribution is -2.37. The third kappa shape index (κ3) is 5.52. The minimum absolute atomic E-state index is 0.104. The molecule has 2 aliphatic carbocycles. The molecule has 0 radical (unpaired) electrons. The molecule has 2 aromatic heterocycles.